The molecule has 0 aliphatic carbocycles. The first kappa shape index (κ1) is 22.7. The summed E-state index contributed by atoms with van der Waals surface area (Å²) in [7, 11) is 0. The monoisotopic (exact) mass is 449 g/mol. The van der Waals surface area contributed by atoms with Gasteiger partial charge in [0.25, 0.3) is 11.6 Å². The molecule has 8 nitrogen and oxygen atoms in total. The number of nitro groups is 1. The zero-order valence-electron chi connectivity index (χ0n) is 17.0. The van der Waals surface area contributed by atoms with Crippen LogP contribution < -0.4 is 11.1 Å². The van der Waals surface area contributed by atoms with Crippen molar-refractivity contribution in [3.8, 4) is 0 Å². The molecule has 0 radical (unpaired) electrons. The molecule has 2 amide bonds. The van der Waals surface area contributed by atoms with Crippen LogP contribution in [0.5, 0.6) is 0 Å². The van der Waals surface area contributed by atoms with Crippen molar-refractivity contribution < 1.29 is 19.3 Å². The number of nitrogens with two attached hydrogens (primary N) is 1. The fraction of sp³-hybridized carbons (Fsp3) is 0.0870. The molecular formula is C23H19N3O5S. The number of nitrogens with zero attached hydrogens (tertiary/aromatic N) is 1. The van der Waals surface area contributed by atoms with Gasteiger partial charge in [-0.25, -0.2) is 0 Å². The summed E-state index contributed by atoms with van der Waals surface area (Å²) in [5, 5.41) is 14.1. The topological polar surface area (TPSA) is 132 Å². The van der Waals surface area contributed by atoms with Crippen LogP contribution in [-0.2, 0) is 6.54 Å². The number of hydrogen-bond donors (Lipinski definition) is 2. The molecule has 0 aliphatic rings. The largest absolute Gasteiger partial charge is 0.366 e. The maximum atomic E-state index is 13.1. The summed E-state index contributed by atoms with van der Waals surface area (Å²) in [6.07, 6.45) is 1.71. The van der Waals surface area contributed by atoms with Crippen LogP contribution in [0, 0.1) is 10.1 Å². The summed E-state index contributed by atoms with van der Waals surface area (Å²) < 4.78 is 0. The van der Waals surface area contributed by atoms with Crippen molar-refractivity contribution in [2.24, 2.45) is 5.73 Å². The van der Waals surface area contributed by atoms with E-state index in [2.05, 4.69) is 5.32 Å². The van der Waals surface area contributed by atoms with Gasteiger partial charge < -0.3 is 11.1 Å². The zero-order chi connectivity index (χ0) is 23.3. The minimum atomic E-state index is -0.573. The third-order valence-corrected chi connectivity index (χ3v) is 5.50. The van der Waals surface area contributed by atoms with Gasteiger partial charge in [-0.3, -0.25) is 24.5 Å². The predicted molar refractivity (Wildman–Crippen MR) is 121 cm³/mol. The molecule has 3 N–H and O–H groups in total. The Kier molecular flexibility index (Phi) is 7.01. The van der Waals surface area contributed by atoms with E-state index in [1.165, 1.54) is 42.1 Å². The molecule has 0 atom stereocenters. The van der Waals surface area contributed by atoms with Crippen molar-refractivity contribution in [3.05, 3.63) is 105 Å². The van der Waals surface area contributed by atoms with Crippen LogP contribution >= 0.6 is 11.8 Å². The molecule has 9 heteroatoms. The van der Waals surface area contributed by atoms with Gasteiger partial charge in [-0.15, -0.1) is 11.8 Å². The number of ketones is 1. The van der Waals surface area contributed by atoms with Crippen LogP contribution in [0.4, 0.5) is 5.69 Å². The Hall–Kier alpha value is -3.98. The molecule has 0 saturated carbocycles. The van der Waals surface area contributed by atoms with Gasteiger partial charge in [0.05, 0.1) is 15.4 Å². The number of carbonyl (C=O) groups is 3. The SMILES string of the molecule is CSc1ccc(C(=O)c2ccccc2C(=O)NCc2cccc(C(N)=O)c2)cc1[N+](=O)[O-]. The fourth-order valence-electron chi connectivity index (χ4n) is 3.12. The predicted octanol–water partition coefficient (Wildman–Crippen LogP) is 3.58. The van der Waals surface area contributed by atoms with Crippen molar-refractivity contribution in [1.82, 2.24) is 5.32 Å². The van der Waals surface area contributed by atoms with Gasteiger partial charge in [0.1, 0.15) is 0 Å². The summed E-state index contributed by atoms with van der Waals surface area (Å²) in [5.41, 5.74) is 6.48. The molecule has 0 fully saturated rings. The van der Waals surface area contributed by atoms with E-state index < -0.39 is 22.5 Å². The summed E-state index contributed by atoms with van der Waals surface area (Å²) in [4.78, 5) is 48.5. The van der Waals surface area contributed by atoms with Gasteiger partial charge in [0.15, 0.2) is 5.78 Å². The first-order chi connectivity index (χ1) is 15.3. The minimum Gasteiger partial charge on any atom is -0.366 e. The number of nitrogens with one attached hydrogen (secondary N) is 1. The highest BCUT2D eigenvalue weighted by Crippen LogP contribution is 2.29. The molecule has 0 aliphatic heterocycles. The summed E-state index contributed by atoms with van der Waals surface area (Å²) in [6, 6.07) is 17.0. The molecule has 32 heavy (non-hydrogen) atoms. The second-order valence-electron chi connectivity index (χ2n) is 6.77. The summed E-state index contributed by atoms with van der Waals surface area (Å²) in [6.45, 7) is 0.121. The number of thioether (sulfide) groups is 1. The molecule has 0 heterocycles. The van der Waals surface area contributed by atoms with Gasteiger partial charge in [-0.1, -0.05) is 30.3 Å². The molecule has 0 unspecified atom stereocenters. The van der Waals surface area contributed by atoms with E-state index in [9.17, 15) is 24.5 Å². The zero-order valence-corrected chi connectivity index (χ0v) is 17.8. The van der Waals surface area contributed by atoms with Crippen molar-refractivity contribution in [3.63, 3.8) is 0 Å². The van der Waals surface area contributed by atoms with Crippen molar-refractivity contribution >= 4 is 35.0 Å². The van der Waals surface area contributed by atoms with Crippen molar-refractivity contribution in [2.75, 3.05) is 6.26 Å². The van der Waals surface area contributed by atoms with E-state index >= 15 is 0 Å². The Labute approximate surface area is 188 Å². The molecular weight excluding hydrogens is 430 g/mol. The number of rotatable bonds is 8. The third-order valence-electron chi connectivity index (χ3n) is 4.72. The lowest BCUT2D eigenvalue weighted by molar-refractivity contribution is -0.387. The maximum Gasteiger partial charge on any atom is 0.283 e. The average molecular weight is 449 g/mol. The molecule has 0 bridgehead atoms. The van der Waals surface area contributed by atoms with Gasteiger partial charge in [-0.05, 0) is 42.2 Å². The molecule has 3 aromatic carbocycles. The maximum absolute atomic E-state index is 13.1. The number of hydrogen-bond acceptors (Lipinski definition) is 6. The van der Waals surface area contributed by atoms with E-state index in [1.54, 1.807) is 42.7 Å². The number of benzene rings is 3. The van der Waals surface area contributed by atoms with Gasteiger partial charge in [0.2, 0.25) is 5.91 Å². The van der Waals surface area contributed by atoms with E-state index in [1.807, 2.05) is 0 Å². The number of nitro benzene ring substituents is 1. The van der Waals surface area contributed by atoms with Crippen LogP contribution in [0.2, 0.25) is 0 Å². The number of amides is 2. The first-order valence-corrected chi connectivity index (χ1v) is 10.7. The highest BCUT2D eigenvalue weighted by molar-refractivity contribution is 7.98. The molecule has 0 saturated heterocycles. The van der Waals surface area contributed by atoms with Crippen LogP contribution in [0.15, 0.2) is 71.6 Å². The Balaban J connectivity index is 1.85. The minimum absolute atomic E-state index is 0.115. The Bertz CT molecular complexity index is 1230. The highest BCUT2D eigenvalue weighted by Gasteiger charge is 2.21. The Morgan fingerprint density at radius 3 is 2.34 bits per heavy atom. The Morgan fingerprint density at radius 1 is 0.969 bits per heavy atom. The van der Waals surface area contributed by atoms with Crippen LogP contribution in [0.25, 0.3) is 0 Å². The van der Waals surface area contributed by atoms with E-state index in [0.717, 1.165) is 0 Å². The number of primary amides is 1. The molecule has 3 rings (SSSR count). The molecule has 0 spiro atoms. The number of carbonyl (C=O) groups excluding carboxylic acids is 3. The van der Waals surface area contributed by atoms with Crippen LogP contribution in [-0.4, -0.2) is 28.8 Å². The van der Waals surface area contributed by atoms with Crippen molar-refractivity contribution in [1.29, 1.82) is 0 Å². The second-order valence-corrected chi connectivity index (χ2v) is 7.61. The van der Waals surface area contributed by atoms with Gasteiger partial charge >= 0.3 is 0 Å². The van der Waals surface area contributed by atoms with E-state index in [0.29, 0.717) is 16.0 Å². The summed E-state index contributed by atoms with van der Waals surface area (Å²) in [5.74, 6) is -1.56. The standard InChI is InChI=1S/C23H19N3O5S/c1-32-20-10-9-15(12-19(20)26(30)31)21(27)17-7-2-3-8-18(17)23(29)25-13-14-5-4-6-16(11-14)22(24)28/h2-12H,13H2,1H3,(H2,24,28)(H,25,29). The van der Waals surface area contributed by atoms with Crippen molar-refractivity contribution in [2.45, 2.75) is 11.4 Å². The smallest absolute Gasteiger partial charge is 0.283 e. The lowest BCUT2D eigenvalue weighted by Crippen LogP contribution is -2.25. The van der Waals surface area contributed by atoms with Gasteiger partial charge in [-0.2, -0.15) is 0 Å². The molecule has 3 aromatic rings. The first-order valence-electron chi connectivity index (χ1n) is 9.45. The second kappa shape index (κ2) is 9.88. The molecule has 162 valence electrons. The van der Waals surface area contributed by atoms with Crippen LogP contribution in [0.3, 0.4) is 0 Å². The quantitative estimate of drug-likeness (QED) is 0.234. The van der Waals surface area contributed by atoms with E-state index in [4.69, 9.17) is 5.73 Å². The highest BCUT2D eigenvalue weighted by atomic mass is 32.2. The van der Waals surface area contributed by atoms with Gasteiger partial charge in [0, 0.05) is 29.3 Å². The molecule has 0 aromatic heterocycles. The van der Waals surface area contributed by atoms with E-state index in [-0.39, 0.29) is 28.9 Å². The third kappa shape index (κ3) is 5.01. The lowest BCUT2D eigenvalue weighted by Gasteiger charge is -2.11. The normalized spacial score (nSPS) is 10.4. The average Bonchev–Trinajstić information content (AvgIpc) is 2.81. The Morgan fingerprint density at radius 2 is 1.69 bits per heavy atom. The lowest BCUT2D eigenvalue weighted by atomic mass is 9.97. The fourth-order valence-corrected chi connectivity index (χ4v) is 3.67. The summed E-state index contributed by atoms with van der Waals surface area (Å²) >= 11 is 1.21. The van der Waals surface area contributed by atoms with Crippen LogP contribution in [0.1, 0.15) is 42.2 Å².